The molecule has 1 amide bonds. The van der Waals surface area contributed by atoms with Crippen molar-refractivity contribution >= 4 is 43.5 Å². The summed E-state index contributed by atoms with van der Waals surface area (Å²) in [6.45, 7) is 1.39. The number of benzene rings is 1. The minimum Gasteiger partial charge on any atom is -0.325 e. The van der Waals surface area contributed by atoms with Crippen LogP contribution in [0.25, 0.3) is 0 Å². The van der Waals surface area contributed by atoms with Gasteiger partial charge in [-0.25, -0.2) is 4.39 Å². The van der Waals surface area contributed by atoms with Crippen LogP contribution in [-0.2, 0) is 4.79 Å². The predicted molar refractivity (Wildman–Crippen MR) is 56.1 cm³/mol. The summed E-state index contributed by atoms with van der Waals surface area (Å²) in [5.74, 6) is -0.569. The number of amides is 1. The molecule has 0 bridgehead atoms. The zero-order valence-corrected chi connectivity index (χ0v) is 9.87. The molecular weight excluding hydrogens is 305 g/mol. The lowest BCUT2D eigenvalue weighted by molar-refractivity contribution is -0.114. The molecule has 0 aliphatic rings. The summed E-state index contributed by atoms with van der Waals surface area (Å²) in [4.78, 5) is 10.7. The second-order valence-electron chi connectivity index (χ2n) is 2.43. The summed E-state index contributed by atoms with van der Waals surface area (Å²) in [5.41, 5.74) is 0.542. The highest BCUT2D eigenvalue weighted by atomic mass is 79.9. The molecule has 2 nitrogen and oxygen atoms in total. The van der Waals surface area contributed by atoms with Crippen LogP contribution in [0, 0.1) is 5.82 Å². The molecule has 0 atom stereocenters. The third kappa shape index (κ3) is 2.77. The Morgan fingerprint density at radius 3 is 2.54 bits per heavy atom. The second kappa shape index (κ2) is 4.19. The van der Waals surface area contributed by atoms with E-state index in [-0.39, 0.29) is 11.7 Å². The Balaban J connectivity index is 3.08. The minimum absolute atomic E-state index is 0.195. The Hall–Kier alpha value is -0.420. The third-order valence-electron chi connectivity index (χ3n) is 1.32. The molecule has 0 unspecified atom stereocenters. The Bertz CT molecular complexity index is 354. The first-order chi connectivity index (χ1) is 6.00. The maximum atomic E-state index is 12.9. The molecule has 0 saturated carbocycles. The normalized spacial score (nSPS) is 9.85. The molecular formula is C8H6Br2FNO. The zero-order valence-electron chi connectivity index (χ0n) is 6.70. The van der Waals surface area contributed by atoms with Crippen molar-refractivity contribution in [2.24, 2.45) is 0 Å². The van der Waals surface area contributed by atoms with E-state index >= 15 is 0 Å². The molecule has 13 heavy (non-hydrogen) atoms. The number of carbonyl (C=O) groups is 1. The quantitative estimate of drug-likeness (QED) is 0.792. The van der Waals surface area contributed by atoms with Crippen molar-refractivity contribution in [3.63, 3.8) is 0 Å². The monoisotopic (exact) mass is 309 g/mol. The molecule has 0 heterocycles. The van der Waals surface area contributed by atoms with Gasteiger partial charge >= 0.3 is 0 Å². The smallest absolute Gasteiger partial charge is 0.221 e. The van der Waals surface area contributed by atoms with E-state index < -0.39 is 0 Å². The SMILES string of the molecule is CC(=O)Nc1cc(Br)c(F)cc1Br. The summed E-state index contributed by atoms with van der Waals surface area (Å²) in [6.07, 6.45) is 0. The lowest BCUT2D eigenvalue weighted by Gasteiger charge is -2.05. The van der Waals surface area contributed by atoms with Gasteiger partial charge in [-0.2, -0.15) is 0 Å². The van der Waals surface area contributed by atoms with Crippen molar-refractivity contribution in [3.05, 3.63) is 26.9 Å². The molecule has 0 fully saturated rings. The number of rotatable bonds is 1. The van der Waals surface area contributed by atoms with E-state index in [0.29, 0.717) is 14.6 Å². The zero-order chi connectivity index (χ0) is 10.0. The van der Waals surface area contributed by atoms with Crippen molar-refractivity contribution in [1.29, 1.82) is 0 Å². The Morgan fingerprint density at radius 2 is 2.00 bits per heavy atom. The van der Waals surface area contributed by atoms with Gasteiger partial charge in [0.15, 0.2) is 0 Å². The van der Waals surface area contributed by atoms with Crippen molar-refractivity contribution in [3.8, 4) is 0 Å². The number of hydrogen-bond acceptors (Lipinski definition) is 1. The van der Waals surface area contributed by atoms with Crippen LogP contribution in [0.1, 0.15) is 6.92 Å². The lowest BCUT2D eigenvalue weighted by atomic mass is 10.3. The molecule has 0 radical (unpaired) electrons. The molecule has 1 aromatic carbocycles. The van der Waals surface area contributed by atoms with Crippen LogP contribution in [0.3, 0.4) is 0 Å². The van der Waals surface area contributed by atoms with Crippen LogP contribution in [0.2, 0.25) is 0 Å². The Morgan fingerprint density at radius 1 is 1.38 bits per heavy atom. The summed E-state index contributed by atoms with van der Waals surface area (Å²) >= 11 is 6.16. The van der Waals surface area contributed by atoms with E-state index in [1.807, 2.05) is 0 Å². The average Bonchev–Trinajstić information content (AvgIpc) is 1.99. The number of hydrogen-bond donors (Lipinski definition) is 1. The van der Waals surface area contributed by atoms with E-state index in [1.165, 1.54) is 19.1 Å². The molecule has 70 valence electrons. The van der Waals surface area contributed by atoms with E-state index in [9.17, 15) is 9.18 Å². The molecule has 5 heteroatoms. The number of nitrogens with one attached hydrogen (secondary N) is 1. The molecule has 0 aromatic heterocycles. The summed E-state index contributed by atoms with van der Waals surface area (Å²) in [6, 6.07) is 2.79. The Labute approximate surface area is 91.8 Å². The van der Waals surface area contributed by atoms with Gasteiger partial charge in [-0.15, -0.1) is 0 Å². The molecule has 0 spiro atoms. The van der Waals surface area contributed by atoms with E-state index in [0.717, 1.165) is 0 Å². The predicted octanol–water partition coefficient (Wildman–Crippen LogP) is 3.31. The number of carbonyl (C=O) groups excluding carboxylic acids is 1. The fraction of sp³-hybridized carbons (Fsp3) is 0.125. The molecule has 0 aliphatic carbocycles. The van der Waals surface area contributed by atoms with Crippen LogP contribution < -0.4 is 5.32 Å². The van der Waals surface area contributed by atoms with Crippen LogP contribution >= 0.6 is 31.9 Å². The van der Waals surface area contributed by atoms with Gasteiger partial charge in [0.25, 0.3) is 0 Å². The molecule has 1 rings (SSSR count). The van der Waals surface area contributed by atoms with Crippen LogP contribution in [0.15, 0.2) is 21.1 Å². The first-order valence-corrected chi connectivity index (χ1v) is 5.01. The van der Waals surface area contributed by atoms with Gasteiger partial charge in [0.2, 0.25) is 5.91 Å². The van der Waals surface area contributed by atoms with Gasteiger partial charge in [0.1, 0.15) is 5.82 Å². The Kier molecular flexibility index (Phi) is 3.44. The largest absolute Gasteiger partial charge is 0.325 e. The van der Waals surface area contributed by atoms with Crippen LogP contribution in [-0.4, -0.2) is 5.91 Å². The number of anilines is 1. The van der Waals surface area contributed by atoms with Gasteiger partial charge in [-0.3, -0.25) is 4.79 Å². The average molecular weight is 311 g/mol. The second-order valence-corrected chi connectivity index (χ2v) is 4.14. The van der Waals surface area contributed by atoms with Crippen LogP contribution in [0.5, 0.6) is 0 Å². The van der Waals surface area contributed by atoms with E-state index in [4.69, 9.17) is 0 Å². The van der Waals surface area contributed by atoms with Crippen molar-refractivity contribution in [1.82, 2.24) is 0 Å². The lowest BCUT2D eigenvalue weighted by Crippen LogP contribution is -2.06. The fourth-order valence-corrected chi connectivity index (χ4v) is 1.57. The molecule has 0 aliphatic heterocycles. The third-order valence-corrected chi connectivity index (χ3v) is 2.58. The summed E-state index contributed by atoms with van der Waals surface area (Å²) in [5, 5.41) is 2.56. The highest BCUT2D eigenvalue weighted by molar-refractivity contribution is 9.11. The van der Waals surface area contributed by atoms with Gasteiger partial charge in [0.05, 0.1) is 10.2 Å². The summed E-state index contributed by atoms with van der Waals surface area (Å²) < 4.78 is 13.7. The molecule has 1 N–H and O–H groups in total. The number of halogens is 3. The topological polar surface area (TPSA) is 29.1 Å². The van der Waals surface area contributed by atoms with Gasteiger partial charge in [-0.05, 0) is 44.0 Å². The van der Waals surface area contributed by atoms with Gasteiger partial charge in [-0.1, -0.05) is 0 Å². The maximum absolute atomic E-state index is 12.9. The first-order valence-electron chi connectivity index (χ1n) is 3.43. The highest BCUT2D eigenvalue weighted by Crippen LogP contribution is 2.28. The van der Waals surface area contributed by atoms with Crippen molar-refractivity contribution in [2.75, 3.05) is 5.32 Å². The van der Waals surface area contributed by atoms with Gasteiger partial charge < -0.3 is 5.32 Å². The minimum atomic E-state index is -0.374. The molecule has 0 saturated heterocycles. The molecule has 1 aromatic rings. The first kappa shape index (κ1) is 10.7. The summed E-state index contributed by atoms with van der Waals surface area (Å²) in [7, 11) is 0. The standard InChI is InChI=1S/C8H6Br2FNO/c1-4(13)12-8-3-5(9)7(11)2-6(8)10/h2-3H,1H3,(H,12,13). The van der Waals surface area contributed by atoms with E-state index in [1.54, 1.807) is 0 Å². The van der Waals surface area contributed by atoms with Gasteiger partial charge in [0, 0.05) is 11.4 Å². The van der Waals surface area contributed by atoms with E-state index in [2.05, 4.69) is 37.2 Å². The highest BCUT2D eigenvalue weighted by Gasteiger charge is 2.06. The maximum Gasteiger partial charge on any atom is 0.221 e. The fourth-order valence-electron chi connectivity index (χ4n) is 0.808. The van der Waals surface area contributed by atoms with Crippen molar-refractivity contribution in [2.45, 2.75) is 6.92 Å². The van der Waals surface area contributed by atoms with Crippen molar-refractivity contribution < 1.29 is 9.18 Å². The van der Waals surface area contributed by atoms with Crippen LogP contribution in [0.4, 0.5) is 10.1 Å².